The Labute approximate surface area is 220 Å². The summed E-state index contributed by atoms with van der Waals surface area (Å²) in [6.07, 6.45) is 2.00. The molecule has 2 rings (SSSR count). The van der Waals surface area contributed by atoms with Crippen molar-refractivity contribution in [2.24, 2.45) is 0 Å². The molecular weight excluding hydrogens is 498 g/mol. The third kappa shape index (κ3) is 8.23. The first-order valence-corrected chi connectivity index (χ1v) is 14.5. The summed E-state index contributed by atoms with van der Waals surface area (Å²) >= 11 is 6.36. The van der Waals surface area contributed by atoms with Crippen LogP contribution in [0.1, 0.15) is 56.7 Å². The van der Waals surface area contributed by atoms with E-state index in [1.54, 1.807) is 11.0 Å². The fourth-order valence-electron chi connectivity index (χ4n) is 4.08. The molecule has 0 heterocycles. The maximum atomic E-state index is 13.5. The first kappa shape index (κ1) is 29.6. The third-order valence-electron chi connectivity index (χ3n) is 5.90. The lowest BCUT2D eigenvalue weighted by Gasteiger charge is -2.32. The number of hydrogen-bond donors (Lipinski definition) is 1. The molecule has 1 atom stereocenters. The summed E-state index contributed by atoms with van der Waals surface area (Å²) in [5, 5.41) is 3.42. The SMILES string of the molecule is CC[C@H](C(=O)NC(C)C)N(Cc1ccccc1Cl)C(=O)CCCN(c1cc(C)ccc1C)S(C)(=O)=O. The van der Waals surface area contributed by atoms with Gasteiger partial charge < -0.3 is 10.2 Å². The summed E-state index contributed by atoms with van der Waals surface area (Å²) in [5.41, 5.74) is 3.15. The Balaban J connectivity index is 2.26. The number of rotatable bonds is 12. The predicted molar refractivity (Wildman–Crippen MR) is 147 cm³/mol. The Kier molecular flexibility index (Phi) is 10.8. The lowest BCUT2D eigenvalue weighted by Crippen LogP contribution is -2.50. The molecule has 2 aromatic rings. The van der Waals surface area contributed by atoms with Crippen LogP contribution in [0.3, 0.4) is 0 Å². The smallest absolute Gasteiger partial charge is 0.243 e. The van der Waals surface area contributed by atoms with Crippen molar-refractivity contribution in [3.63, 3.8) is 0 Å². The number of amides is 2. The molecule has 0 saturated carbocycles. The summed E-state index contributed by atoms with van der Waals surface area (Å²) in [7, 11) is -3.55. The van der Waals surface area contributed by atoms with E-state index >= 15 is 0 Å². The number of anilines is 1. The molecule has 9 heteroatoms. The molecule has 198 valence electrons. The Morgan fingerprint density at radius 3 is 2.33 bits per heavy atom. The quantitative estimate of drug-likeness (QED) is 0.421. The number of nitrogens with one attached hydrogen (secondary N) is 1. The van der Waals surface area contributed by atoms with Crippen LogP contribution in [0.25, 0.3) is 0 Å². The Morgan fingerprint density at radius 2 is 1.75 bits per heavy atom. The minimum atomic E-state index is -3.55. The lowest BCUT2D eigenvalue weighted by molar-refractivity contribution is -0.141. The standard InChI is InChI=1S/C27H38ClN3O4S/c1-7-24(27(33)29-19(2)3)30(18-22-11-8-9-12-23(22)28)26(32)13-10-16-31(36(6,34)35)25-17-20(4)14-15-21(25)5/h8-9,11-12,14-15,17,19,24H,7,10,13,16,18H2,1-6H3,(H,29,33)/t24-/m1/s1. The normalized spacial score (nSPS) is 12.3. The third-order valence-corrected chi connectivity index (χ3v) is 7.45. The molecule has 0 aromatic heterocycles. The molecule has 36 heavy (non-hydrogen) atoms. The number of benzene rings is 2. The van der Waals surface area contributed by atoms with E-state index < -0.39 is 16.1 Å². The van der Waals surface area contributed by atoms with Gasteiger partial charge in [-0.15, -0.1) is 0 Å². The molecule has 2 amide bonds. The highest BCUT2D eigenvalue weighted by atomic mass is 35.5. The van der Waals surface area contributed by atoms with Crippen LogP contribution in [0.4, 0.5) is 5.69 Å². The van der Waals surface area contributed by atoms with Crippen molar-refractivity contribution in [3.8, 4) is 0 Å². The van der Waals surface area contributed by atoms with Crippen LogP contribution >= 0.6 is 11.6 Å². The van der Waals surface area contributed by atoms with Gasteiger partial charge >= 0.3 is 0 Å². The number of halogens is 1. The van der Waals surface area contributed by atoms with E-state index in [1.807, 2.05) is 71.0 Å². The van der Waals surface area contributed by atoms with Crippen molar-refractivity contribution < 1.29 is 18.0 Å². The topological polar surface area (TPSA) is 86.8 Å². The maximum Gasteiger partial charge on any atom is 0.243 e. The van der Waals surface area contributed by atoms with Crippen molar-refractivity contribution in [1.29, 1.82) is 0 Å². The highest BCUT2D eigenvalue weighted by Gasteiger charge is 2.29. The van der Waals surface area contributed by atoms with Crippen LogP contribution in [0.5, 0.6) is 0 Å². The van der Waals surface area contributed by atoms with Crippen LogP contribution in [0.2, 0.25) is 5.02 Å². The molecule has 0 bridgehead atoms. The number of nitrogens with zero attached hydrogens (tertiary/aromatic N) is 2. The molecule has 0 spiro atoms. The average Bonchev–Trinajstić information content (AvgIpc) is 2.78. The van der Waals surface area contributed by atoms with Crippen LogP contribution in [0, 0.1) is 13.8 Å². The second kappa shape index (κ2) is 13.1. The zero-order chi connectivity index (χ0) is 27.0. The minimum absolute atomic E-state index is 0.0651. The van der Waals surface area contributed by atoms with Gasteiger partial charge in [0, 0.05) is 30.6 Å². The van der Waals surface area contributed by atoms with Gasteiger partial charge in [0.05, 0.1) is 11.9 Å². The molecule has 0 radical (unpaired) electrons. The molecule has 2 aromatic carbocycles. The van der Waals surface area contributed by atoms with Gasteiger partial charge in [-0.2, -0.15) is 0 Å². The maximum absolute atomic E-state index is 13.5. The van der Waals surface area contributed by atoms with Crippen LogP contribution in [-0.4, -0.2) is 50.0 Å². The predicted octanol–water partition coefficient (Wildman–Crippen LogP) is 4.84. The second-order valence-corrected chi connectivity index (χ2v) is 11.7. The van der Waals surface area contributed by atoms with Crippen molar-refractivity contribution in [1.82, 2.24) is 10.2 Å². The van der Waals surface area contributed by atoms with Crippen molar-refractivity contribution in [2.75, 3.05) is 17.1 Å². The average molecular weight is 536 g/mol. The molecule has 0 saturated heterocycles. The number of sulfonamides is 1. The van der Waals surface area contributed by atoms with Crippen LogP contribution < -0.4 is 9.62 Å². The van der Waals surface area contributed by atoms with Crippen molar-refractivity contribution in [2.45, 2.75) is 72.5 Å². The Morgan fingerprint density at radius 1 is 1.08 bits per heavy atom. The van der Waals surface area contributed by atoms with Gasteiger partial charge in [0.1, 0.15) is 6.04 Å². The largest absolute Gasteiger partial charge is 0.352 e. The first-order chi connectivity index (χ1) is 16.8. The molecule has 0 fully saturated rings. The summed E-state index contributed by atoms with van der Waals surface area (Å²) in [6.45, 7) is 9.73. The Bertz CT molecular complexity index is 1170. The van der Waals surface area contributed by atoms with Crippen LogP contribution in [0.15, 0.2) is 42.5 Å². The van der Waals surface area contributed by atoms with Gasteiger partial charge in [0.15, 0.2) is 0 Å². The fourth-order valence-corrected chi connectivity index (χ4v) is 5.29. The van der Waals surface area contributed by atoms with Crippen molar-refractivity contribution >= 4 is 39.1 Å². The zero-order valence-electron chi connectivity index (χ0n) is 22.0. The summed E-state index contributed by atoms with van der Waals surface area (Å²) < 4.78 is 26.5. The van der Waals surface area contributed by atoms with Gasteiger partial charge in [0.25, 0.3) is 0 Å². The number of carbonyl (C=O) groups is 2. The highest BCUT2D eigenvalue weighted by Crippen LogP contribution is 2.25. The first-order valence-electron chi connectivity index (χ1n) is 12.2. The molecule has 0 aliphatic heterocycles. The fraction of sp³-hybridized carbons (Fsp3) is 0.481. The second-order valence-electron chi connectivity index (χ2n) is 9.43. The monoisotopic (exact) mass is 535 g/mol. The minimum Gasteiger partial charge on any atom is -0.352 e. The zero-order valence-corrected chi connectivity index (χ0v) is 23.6. The summed E-state index contributed by atoms with van der Waals surface area (Å²) in [6, 6.07) is 12.2. The molecule has 0 unspecified atom stereocenters. The van der Waals surface area contributed by atoms with E-state index in [2.05, 4.69) is 5.32 Å². The van der Waals surface area contributed by atoms with E-state index in [1.165, 1.54) is 10.6 Å². The lowest BCUT2D eigenvalue weighted by atomic mass is 10.1. The molecule has 0 aliphatic carbocycles. The summed E-state index contributed by atoms with van der Waals surface area (Å²) in [5.74, 6) is -0.448. The highest BCUT2D eigenvalue weighted by molar-refractivity contribution is 7.92. The van der Waals surface area contributed by atoms with E-state index in [0.29, 0.717) is 23.6 Å². The molecule has 0 aliphatic rings. The number of aryl methyl sites for hydroxylation is 2. The van der Waals surface area contributed by atoms with E-state index in [9.17, 15) is 18.0 Å². The van der Waals surface area contributed by atoms with Gasteiger partial charge in [-0.3, -0.25) is 13.9 Å². The van der Waals surface area contributed by atoms with Gasteiger partial charge in [0.2, 0.25) is 21.8 Å². The van der Waals surface area contributed by atoms with Gasteiger partial charge in [-0.1, -0.05) is 48.9 Å². The molecule has 1 N–H and O–H groups in total. The molecular formula is C27H38ClN3O4S. The van der Waals surface area contributed by atoms with Gasteiger partial charge in [-0.05, 0) is 69.4 Å². The van der Waals surface area contributed by atoms with Gasteiger partial charge in [-0.25, -0.2) is 8.42 Å². The number of hydrogen-bond acceptors (Lipinski definition) is 4. The Hall–Kier alpha value is -2.58. The van der Waals surface area contributed by atoms with E-state index in [-0.39, 0.29) is 37.4 Å². The van der Waals surface area contributed by atoms with Crippen LogP contribution in [-0.2, 0) is 26.2 Å². The summed E-state index contributed by atoms with van der Waals surface area (Å²) in [4.78, 5) is 28.0. The van der Waals surface area contributed by atoms with E-state index in [4.69, 9.17) is 11.6 Å². The van der Waals surface area contributed by atoms with E-state index in [0.717, 1.165) is 16.7 Å². The molecule has 7 nitrogen and oxygen atoms in total. The number of carbonyl (C=O) groups excluding carboxylic acids is 2. The van der Waals surface area contributed by atoms with Crippen molar-refractivity contribution in [3.05, 3.63) is 64.2 Å².